The van der Waals surface area contributed by atoms with Gasteiger partial charge in [-0.2, -0.15) is 5.26 Å². The Kier molecular flexibility index (Phi) is 6.03. The van der Waals surface area contributed by atoms with E-state index in [1.54, 1.807) is 19.9 Å². The number of hydrogen-bond acceptors (Lipinski definition) is 5. The Hall–Kier alpha value is -2.40. The minimum Gasteiger partial charge on any atom is -0.466 e. The first kappa shape index (κ1) is 19.9. The second-order valence-corrected chi connectivity index (χ2v) is 7.27. The molecule has 1 aliphatic heterocycles. The van der Waals surface area contributed by atoms with Crippen molar-refractivity contribution in [2.75, 3.05) is 19.6 Å². The van der Waals surface area contributed by atoms with E-state index >= 15 is 0 Å². The lowest BCUT2D eigenvalue weighted by Crippen LogP contribution is -2.52. The second-order valence-electron chi connectivity index (χ2n) is 7.27. The number of aryl methyl sites for hydroxylation is 2. The molecule has 1 aromatic heterocycles. The van der Waals surface area contributed by atoms with Crippen molar-refractivity contribution in [2.24, 2.45) is 0 Å². The molecular weight excluding hydrogens is 339 g/mol. The van der Waals surface area contributed by atoms with E-state index in [-0.39, 0.29) is 37.9 Å². The number of alkyl halides is 1. The number of amides is 2. The summed E-state index contributed by atoms with van der Waals surface area (Å²) in [6.45, 7) is 7.40. The molecule has 2 rings (SSSR count). The van der Waals surface area contributed by atoms with Crippen molar-refractivity contribution in [3.8, 4) is 6.07 Å². The molecule has 2 atom stereocenters. The molecule has 0 unspecified atom stereocenters. The van der Waals surface area contributed by atoms with Crippen LogP contribution in [0.5, 0.6) is 0 Å². The highest BCUT2D eigenvalue weighted by Crippen LogP contribution is 2.20. The average molecular weight is 364 g/mol. The van der Waals surface area contributed by atoms with Crippen LogP contribution in [0.2, 0.25) is 0 Å². The van der Waals surface area contributed by atoms with Gasteiger partial charge >= 0.3 is 0 Å². The molecule has 0 aliphatic carbocycles. The molecule has 8 heteroatoms. The highest BCUT2D eigenvalue weighted by molar-refractivity contribution is 5.95. The number of nitrogens with zero attached hydrogens (tertiary/aromatic N) is 2. The maximum atomic E-state index is 13.4. The van der Waals surface area contributed by atoms with Crippen LogP contribution in [-0.2, 0) is 4.79 Å². The molecule has 1 saturated heterocycles. The van der Waals surface area contributed by atoms with E-state index in [0.717, 1.165) is 0 Å². The van der Waals surface area contributed by atoms with Crippen LogP contribution in [0.15, 0.2) is 10.5 Å². The molecule has 2 heterocycles. The van der Waals surface area contributed by atoms with Gasteiger partial charge in [0.15, 0.2) is 0 Å². The quantitative estimate of drug-likeness (QED) is 0.796. The summed E-state index contributed by atoms with van der Waals surface area (Å²) < 4.78 is 18.8. The van der Waals surface area contributed by atoms with Gasteiger partial charge in [0.25, 0.3) is 5.91 Å². The van der Waals surface area contributed by atoms with Gasteiger partial charge in [-0.1, -0.05) is 0 Å². The van der Waals surface area contributed by atoms with Crippen LogP contribution in [0.25, 0.3) is 0 Å². The zero-order valence-corrected chi connectivity index (χ0v) is 15.6. The first-order chi connectivity index (χ1) is 12.1. The summed E-state index contributed by atoms with van der Waals surface area (Å²) in [7, 11) is 0. The molecule has 26 heavy (non-hydrogen) atoms. The van der Waals surface area contributed by atoms with Gasteiger partial charge in [-0.05, 0) is 33.8 Å². The third kappa shape index (κ3) is 4.82. The Morgan fingerprint density at radius 3 is 2.73 bits per heavy atom. The molecular formula is C18H25FN4O3. The zero-order chi connectivity index (χ0) is 19.5. The predicted octanol–water partition coefficient (Wildman–Crippen LogP) is 1.46. The summed E-state index contributed by atoms with van der Waals surface area (Å²) >= 11 is 0. The number of likely N-dealkylation sites (tertiary alicyclic amines) is 1. The number of carbonyl (C=O) groups is 2. The monoisotopic (exact) mass is 364 g/mol. The summed E-state index contributed by atoms with van der Waals surface area (Å²) in [6.07, 6.45) is -1.09. The lowest BCUT2D eigenvalue weighted by Gasteiger charge is -2.28. The van der Waals surface area contributed by atoms with Crippen molar-refractivity contribution >= 4 is 11.8 Å². The fraction of sp³-hybridized carbons (Fsp3) is 0.611. The lowest BCUT2D eigenvalue weighted by molar-refractivity contribution is -0.130. The van der Waals surface area contributed by atoms with E-state index in [1.807, 2.05) is 19.9 Å². The fourth-order valence-electron chi connectivity index (χ4n) is 2.91. The van der Waals surface area contributed by atoms with Crippen molar-refractivity contribution in [3.63, 3.8) is 0 Å². The highest BCUT2D eigenvalue weighted by atomic mass is 19.1. The van der Waals surface area contributed by atoms with Crippen LogP contribution < -0.4 is 10.6 Å². The summed E-state index contributed by atoms with van der Waals surface area (Å²) in [5.74, 6) is 0.653. The van der Waals surface area contributed by atoms with Gasteiger partial charge in [0.1, 0.15) is 23.7 Å². The number of nitrogens with one attached hydrogen (secondary N) is 2. The average Bonchev–Trinajstić information content (AvgIpc) is 3.12. The predicted molar refractivity (Wildman–Crippen MR) is 93.2 cm³/mol. The van der Waals surface area contributed by atoms with Gasteiger partial charge in [-0.25, -0.2) is 4.39 Å². The van der Waals surface area contributed by atoms with Crippen molar-refractivity contribution in [1.29, 1.82) is 5.26 Å². The zero-order valence-electron chi connectivity index (χ0n) is 15.6. The molecule has 0 radical (unpaired) electrons. The van der Waals surface area contributed by atoms with Crippen LogP contribution in [-0.4, -0.2) is 54.1 Å². The van der Waals surface area contributed by atoms with E-state index in [2.05, 4.69) is 10.6 Å². The van der Waals surface area contributed by atoms with Gasteiger partial charge in [0.2, 0.25) is 5.91 Å². The number of nitriles is 1. The van der Waals surface area contributed by atoms with Gasteiger partial charge in [0.05, 0.1) is 24.7 Å². The van der Waals surface area contributed by atoms with Crippen LogP contribution in [0.3, 0.4) is 0 Å². The van der Waals surface area contributed by atoms with Gasteiger partial charge in [0, 0.05) is 18.5 Å². The SMILES string of the molecule is Cc1cc(C(=O)NCC(C)(C)NCC(=O)N2C[C@@H](F)C[C@H]2C#N)c(C)o1. The third-order valence-electron chi connectivity index (χ3n) is 4.41. The molecule has 0 saturated carbocycles. The molecule has 2 amide bonds. The van der Waals surface area contributed by atoms with Gasteiger partial charge < -0.3 is 20.0 Å². The van der Waals surface area contributed by atoms with E-state index < -0.39 is 17.8 Å². The van der Waals surface area contributed by atoms with E-state index in [1.165, 1.54) is 4.90 Å². The molecule has 0 bridgehead atoms. The minimum absolute atomic E-state index is 0.0301. The van der Waals surface area contributed by atoms with E-state index in [9.17, 15) is 14.0 Å². The Morgan fingerprint density at radius 2 is 2.15 bits per heavy atom. The normalized spacial score (nSPS) is 20.1. The number of furan rings is 1. The summed E-state index contributed by atoms with van der Waals surface area (Å²) in [5.41, 5.74) is -0.0769. The summed E-state index contributed by atoms with van der Waals surface area (Å²) in [6, 6.07) is 2.92. The van der Waals surface area contributed by atoms with Crippen LogP contribution in [0.1, 0.15) is 42.1 Å². The Balaban J connectivity index is 1.85. The van der Waals surface area contributed by atoms with Crippen molar-refractivity contribution < 1.29 is 18.4 Å². The number of carbonyl (C=O) groups excluding carboxylic acids is 2. The largest absolute Gasteiger partial charge is 0.466 e. The highest BCUT2D eigenvalue weighted by Gasteiger charge is 2.35. The molecule has 1 aliphatic rings. The summed E-state index contributed by atoms with van der Waals surface area (Å²) in [5, 5.41) is 14.9. The molecule has 2 N–H and O–H groups in total. The fourth-order valence-corrected chi connectivity index (χ4v) is 2.91. The van der Waals surface area contributed by atoms with Crippen LogP contribution in [0, 0.1) is 25.2 Å². The molecule has 0 spiro atoms. The maximum Gasteiger partial charge on any atom is 0.254 e. The van der Waals surface area contributed by atoms with E-state index in [0.29, 0.717) is 17.1 Å². The second kappa shape index (κ2) is 7.87. The number of rotatable bonds is 6. The molecule has 0 aromatic carbocycles. The van der Waals surface area contributed by atoms with Crippen molar-refractivity contribution in [2.45, 2.75) is 51.9 Å². The smallest absolute Gasteiger partial charge is 0.254 e. The van der Waals surface area contributed by atoms with Crippen molar-refractivity contribution in [3.05, 3.63) is 23.2 Å². The lowest BCUT2D eigenvalue weighted by atomic mass is 10.1. The van der Waals surface area contributed by atoms with Crippen molar-refractivity contribution in [1.82, 2.24) is 15.5 Å². The Morgan fingerprint density at radius 1 is 1.46 bits per heavy atom. The Labute approximate surface area is 152 Å². The maximum absolute atomic E-state index is 13.4. The van der Waals surface area contributed by atoms with Crippen LogP contribution in [0.4, 0.5) is 4.39 Å². The number of halogens is 1. The number of hydrogen-bond donors (Lipinski definition) is 2. The first-order valence-electron chi connectivity index (χ1n) is 8.56. The summed E-state index contributed by atoms with van der Waals surface area (Å²) in [4.78, 5) is 25.8. The minimum atomic E-state index is -1.16. The van der Waals surface area contributed by atoms with Crippen LogP contribution >= 0.6 is 0 Å². The van der Waals surface area contributed by atoms with E-state index in [4.69, 9.17) is 9.68 Å². The molecule has 7 nitrogen and oxygen atoms in total. The molecule has 1 fully saturated rings. The van der Waals surface area contributed by atoms with Gasteiger partial charge in [-0.3, -0.25) is 9.59 Å². The molecule has 142 valence electrons. The molecule has 1 aromatic rings. The third-order valence-corrected chi connectivity index (χ3v) is 4.41. The standard InChI is InChI=1S/C18H25FN4O3/c1-11-5-15(12(2)26-11)17(25)21-10-18(3,4)22-8-16(24)23-9-13(19)6-14(23)7-20/h5,13-14,22H,6,8-10H2,1-4H3,(H,21,25)/t13-,14-/m0/s1. The topological polar surface area (TPSA) is 98.4 Å². The first-order valence-corrected chi connectivity index (χ1v) is 8.56. The van der Waals surface area contributed by atoms with Gasteiger partial charge in [-0.15, -0.1) is 0 Å². The Bertz CT molecular complexity index is 723.